The molecule has 20 nitrogen and oxygen atoms in total. The van der Waals surface area contributed by atoms with Gasteiger partial charge in [-0.15, -0.1) is 0 Å². The third-order valence-electron chi connectivity index (χ3n) is 10.1. The molecule has 20 heteroatoms. The zero-order valence-electron chi connectivity index (χ0n) is 34.6. The number of hydrogen-bond donors (Lipinski definition) is 3. The van der Waals surface area contributed by atoms with Crippen molar-refractivity contribution in [3.63, 3.8) is 0 Å². The summed E-state index contributed by atoms with van der Waals surface area (Å²) in [5.74, 6) is 0.140. The number of benzene rings is 2. The molecule has 4 amide bonds. The number of imidazole rings is 1. The van der Waals surface area contributed by atoms with E-state index in [0.717, 1.165) is 6.07 Å². The van der Waals surface area contributed by atoms with Gasteiger partial charge in [-0.2, -0.15) is 4.98 Å². The van der Waals surface area contributed by atoms with E-state index in [2.05, 4.69) is 20.6 Å². The molecule has 4 N–H and O–H groups in total. The Balaban J connectivity index is 1.29. The number of ether oxygens (including phenoxy) is 3. The number of anilines is 1. The third-order valence-corrected chi connectivity index (χ3v) is 10.1. The third kappa shape index (κ3) is 11.3. The molecule has 4 aromatic rings. The van der Waals surface area contributed by atoms with Crippen LogP contribution >= 0.6 is 0 Å². The highest BCUT2D eigenvalue weighted by Gasteiger charge is 2.36. The fraction of sp³-hybridized carbons (Fsp3) is 0.439. The summed E-state index contributed by atoms with van der Waals surface area (Å²) in [5.41, 5.74) is 5.11. The maximum absolute atomic E-state index is 14.7. The number of aromatic nitrogens is 4. The SMILES string of the molecule is CNC(CCCCN)C(=O)NC(=O)c1ccc(CN(Cc2ccc3c(c2)OCO3)C(=O)CC2CN(C(=O)OC(C)(C)C)CCN2c2ccnc(-n3ccnc3)n2)c([N+](=O)[O-])c1. The van der Waals surface area contributed by atoms with Gasteiger partial charge in [0.05, 0.1) is 23.6 Å². The molecule has 4 heterocycles. The number of hydrogen-bond acceptors (Lipinski definition) is 15. The largest absolute Gasteiger partial charge is 0.454 e. The van der Waals surface area contributed by atoms with E-state index in [1.165, 1.54) is 17.0 Å². The van der Waals surface area contributed by atoms with Gasteiger partial charge in [-0.05, 0) is 83.1 Å². The molecule has 324 valence electrons. The smallest absolute Gasteiger partial charge is 0.410 e. The minimum atomic E-state index is -0.806. The van der Waals surface area contributed by atoms with E-state index in [9.17, 15) is 29.3 Å². The average Bonchev–Trinajstić information content (AvgIpc) is 3.95. The Bertz CT molecular complexity index is 2210. The van der Waals surface area contributed by atoms with Gasteiger partial charge in [0, 0.05) is 68.4 Å². The van der Waals surface area contributed by atoms with E-state index in [1.807, 2.05) is 4.90 Å². The van der Waals surface area contributed by atoms with Crippen LogP contribution < -0.4 is 30.7 Å². The van der Waals surface area contributed by atoms with Gasteiger partial charge in [0.15, 0.2) is 11.5 Å². The molecule has 2 aromatic heterocycles. The summed E-state index contributed by atoms with van der Waals surface area (Å²) < 4.78 is 18.4. The van der Waals surface area contributed by atoms with Crippen molar-refractivity contribution in [1.82, 2.24) is 40.0 Å². The summed E-state index contributed by atoms with van der Waals surface area (Å²) in [4.78, 5) is 84.3. The Kier molecular flexibility index (Phi) is 14.1. The van der Waals surface area contributed by atoms with Crippen LogP contribution in [0.4, 0.5) is 16.3 Å². The highest BCUT2D eigenvalue weighted by molar-refractivity contribution is 6.06. The van der Waals surface area contributed by atoms with Crippen molar-refractivity contribution < 1.29 is 38.3 Å². The predicted octanol–water partition coefficient (Wildman–Crippen LogP) is 3.32. The van der Waals surface area contributed by atoms with Crippen LogP contribution in [0.1, 0.15) is 67.9 Å². The van der Waals surface area contributed by atoms with Crippen molar-refractivity contribution in [2.75, 3.05) is 44.9 Å². The average molecular weight is 842 g/mol. The first-order valence-corrected chi connectivity index (χ1v) is 19.9. The number of carbonyl (C=O) groups excluding carboxylic acids is 4. The number of piperazine rings is 1. The summed E-state index contributed by atoms with van der Waals surface area (Å²) in [6.45, 7) is 6.32. The second-order valence-electron chi connectivity index (χ2n) is 15.6. The predicted molar refractivity (Wildman–Crippen MR) is 221 cm³/mol. The molecule has 0 aliphatic carbocycles. The Labute approximate surface area is 352 Å². The molecule has 6 rings (SSSR count). The molecule has 0 saturated carbocycles. The first-order valence-electron chi connectivity index (χ1n) is 19.9. The minimum Gasteiger partial charge on any atom is -0.454 e. The van der Waals surface area contributed by atoms with Gasteiger partial charge in [-0.25, -0.2) is 14.8 Å². The van der Waals surface area contributed by atoms with Crippen LogP contribution in [0.25, 0.3) is 5.95 Å². The van der Waals surface area contributed by atoms with Gasteiger partial charge in [0.2, 0.25) is 24.6 Å². The highest BCUT2D eigenvalue weighted by atomic mass is 16.7. The second-order valence-corrected chi connectivity index (χ2v) is 15.6. The summed E-state index contributed by atoms with van der Waals surface area (Å²) in [5, 5.41) is 17.8. The lowest BCUT2D eigenvalue weighted by Gasteiger charge is -2.42. The quantitative estimate of drug-likeness (QED) is 0.0833. The number of unbranched alkanes of at least 4 members (excludes halogenated alkanes) is 1. The fourth-order valence-electron chi connectivity index (χ4n) is 7.03. The van der Waals surface area contributed by atoms with E-state index >= 15 is 0 Å². The number of nitro groups is 1. The van der Waals surface area contributed by atoms with Crippen LogP contribution in [0.15, 0.2) is 67.4 Å². The lowest BCUT2D eigenvalue weighted by molar-refractivity contribution is -0.385. The number of nitro benzene ring substituents is 1. The van der Waals surface area contributed by atoms with E-state index < -0.39 is 52.1 Å². The fourth-order valence-corrected chi connectivity index (χ4v) is 7.03. The van der Waals surface area contributed by atoms with Crippen LogP contribution in [-0.4, -0.2) is 116 Å². The lowest BCUT2D eigenvalue weighted by atomic mass is 10.0. The maximum atomic E-state index is 14.7. The first kappa shape index (κ1) is 43.9. The summed E-state index contributed by atoms with van der Waals surface area (Å²) in [7, 11) is 1.60. The van der Waals surface area contributed by atoms with Crippen molar-refractivity contribution in [2.45, 2.75) is 77.2 Å². The Morgan fingerprint density at radius 2 is 1.85 bits per heavy atom. The summed E-state index contributed by atoms with van der Waals surface area (Å²) >= 11 is 0. The molecule has 2 aromatic carbocycles. The van der Waals surface area contributed by atoms with Crippen molar-refractivity contribution in [2.24, 2.45) is 5.73 Å². The molecule has 1 fully saturated rings. The van der Waals surface area contributed by atoms with Crippen LogP contribution in [-0.2, 0) is 27.4 Å². The maximum Gasteiger partial charge on any atom is 0.410 e. The number of amides is 4. The molecule has 61 heavy (non-hydrogen) atoms. The van der Waals surface area contributed by atoms with Crippen LogP contribution in [0.5, 0.6) is 11.5 Å². The summed E-state index contributed by atoms with van der Waals surface area (Å²) in [6, 6.07) is 9.57. The molecule has 1 saturated heterocycles. The molecule has 2 atom stereocenters. The van der Waals surface area contributed by atoms with E-state index in [4.69, 9.17) is 24.9 Å². The molecule has 0 radical (unpaired) electrons. The van der Waals surface area contributed by atoms with Gasteiger partial charge in [-0.3, -0.25) is 34.4 Å². The van der Waals surface area contributed by atoms with Gasteiger partial charge in [0.1, 0.15) is 17.7 Å². The first-order chi connectivity index (χ1) is 29.2. The number of rotatable bonds is 16. The molecule has 2 unspecified atom stereocenters. The van der Waals surface area contributed by atoms with Crippen LogP contribution in [0.2, 0.25) is 0 Å². The van der Waals surface area contributed by atoms with Crippen LogP contribution in [0, 0.1) is 10.1 Å². The van der Waals surface area contributed by atoms with Crippen molar-refractivity contribution in [1.29, 1.82) is 0 Å². The lowest BCUT2D eigenvalue weighted by Crippen LogP contribution is -2.57. The van der Waals surface area contributed by atoms with Crippen LogP contribution in [0.3, 0.4) is 0 Å². The zero-order chi connectivity index (χ0) is 43.7. The number of carbonyl (C=O) groups is 4. The second kappa shape index (κ2) is 19.6. The number of imide groups is 1. The summed E-state index contributed by atoms with van der Waals surface area (Å²) in [6.07, 6.45) is 7.63. The van der Waals surface area contributed by atoms with Gasteiger partial charge >= 0.3 is 6.09 Å². The number of nitrogens with one attached hydrogen (secondary N) is 2. The monoisotopic (exact) mass is 841 g/mol. The Hall–Kier alpha value is -6.67. The standard InChI is InChI=1S/C41H51N11O9/c1-41(2,3)61-40(56)48-17-18-51(35-12-14-45-39(46-35)49-16-15-44-25-49)30(24-48)21-36(53)50(22-27-8-11-33-34(19-27)60-26-59-33)23-29-10-9-28(20-32(29)52(57)58)37(54)47-38(55)31(43-4)7-5-6-13-42/h8-12,14-16,19-20,25,30-31,43H,5-7,13,17-18,21-24,26,42H2,1-4H3,(H,47,54,55). The molecule has 2 aliphatic rings. The number of nitrogens with zero attached hydrogens (tertiary/aromatic N) is 8. The Morgan fingerprint density at radius 3 is 2.57 bits per heavy atom. The van der Waals surface area contributed by atoms with Gasteiger partial charge < -0.3 is 40.0 Å². The van der Waals surface area contributed by atoms with Crippen molar-refractivity contribution in [3.8, 4) is 17.4 Å². The number of fused-ring (bicyclic) bond motifs is 1. The molecule has 0 spiro atoms. The minimum absolute atomic E-state index is 0.0136. The highest BCUT2D eigenvalue weighted by Crippen LogP contribution is 2.34. The van der Waals surface area contributed by atoms with E-state index in [-0.39, 0.29) is 50.5 Å². The molecular formula is C41H51N11O9. The zero-order valence-corrected chi connectivity index (χ0v) is 34.6. The molecule has 2 aliphatic heterocycles. The number of nitrogens with two attached hydrogens (primary N) is 1. The topological polar surface area (TPSA) is 243 Å². The van der Waals surface area contributed by atoms with Crippen molar-refractivity contribution in [3.05, 3.63) is 94.2 Å². The van der Waals surface area contributed by atoms with E-state index in [0.29, 0.717) is 61.2 Å². The van der Waals surface area contributed by atoms with Crippen molar-refractivity contribution >= 4 is 35.3 Å². The number of likely N-dealkylation sites (N-methyl/N-ethyl adjacent to an activating group) is 1. The molecule has 0 bridgehead atoms. The normalized spacial score (nSPS) is 15.3. The Morgan fingerprint density at radius 1 is 1.05 bits per heavy atom. The molecular weight excluding hydrogens is 791 g/mol. The van der Waals surface area contributed by atoms with Gasteiger partial charge in [-0.1, -0.05) is 12.5 Å². The van der Waals surface area contributed by atoms with E-state index in [1.54, 1.807) is 86.5 Å². The van der Waals surface area contributed by atoms with Gasteiger partial charge in [0.25, 0.3) is 11.6 Å².